The average molecular weight is 436 g/mol. The molecule has 160 valence electrons. The van der Waals surface area contributed by atoms with Crippen molar-refractivity contribution >= 4 is 11.7 Å². The molecule has 2 aromatic heterocycles. The Bertz CT molecular complexity index is 1350. The van der Waals surface area contributed by atoms with E-state index in [1.807, 2.05) is 0 Å². The molecule has 2 aromatic carbocycles. The highest BCUT2D eigenvalue weighted by Crippen LogP contribution is 2.40. The van der Waals surface area contributed by atoms with Crippen molar-refractivity contribution in [3.8, 4) is 17.2 Å². The second-order valence-electron chi connectivity index (χ2n) is 7.38. The predicted octanol–water partition coefficient (Wildman–Crippen LogP) is 3.92. The van der Waals surface area contributed by atoms with Crippen molar-refractivity contribution < 1.29 is 18.0 Å². The maximum atomic E-state index is 14.5. The van der Waals surface area contributed by atoms with Crippen molar-refractivity contribution in [2.75, 3.05) is 5.32 Å². The van der Waals surface area contributed by atoms with Gasteiger partial charge in [-0.2, -0.15) is 14.9 Å². The first-order valence-corrected chi connectivity index (χ1v) is 9.71. The molecule has 1 N–H and O–H groups in total. The number of hydrogen-bond donors (Lipinski definition) is 1. The fourth-order valence-corrected chi connectivity index (χ4v) is 3.88. The summed E-state index contributed by atoms with van der Waals surface area (Å²) in [4.78, 5) is 16.9. The smallest absolute Gasteiger partial charge is 0.272 e. The standard InChI is InChI=1S/C22H15F3N6O/c1-11-20-16(15-8-14(24)6-7-17(15)25)9-19(32)28-21(20)31(30-11)22-27-18(10-26-29-22)12-2-4-13(23)5-3-12/h2-8,10,16H,9H2,1H3,(H,28,32). The molecule has 0 saturated heterocycles. The maximum Gasteiger partial charge on any atom is 0.272 e. The van der Waals surface area contributed by atoms with E-state index in [1.165, 1.54) is 23.0 Å². The molecule has 10 heteroatoms. The van der Waals surface area contributed by atoms with Gasteiger partial charge in [-0.05, 0) is 55.0 Å². The Morgan fingerprint density at radius 2 is 1.81 bits per heavy atom. The second-order valence-corrected chi connectivity index (χ2v) is 7.38. The average Bonchev–Trinajstić information content (AvgIpc) is 3.11. The van der Waals surface area contributed by atoms with E-state index in [2.05, 4.69) is 25.6 Å². The lowest BCUT2D eigenvalue weighted by Gasteiger charge is -2.24. The summed E-state index contributed by atoms with van der Waals surface area (Å²) >= 11 is 0. The van der Waals surface area contributed by atoms with Gasteiger partial charge in [0.1, 0.15) is 23.3 Å². The van der Waals surface area contributed by atoms with Gasteiger partial charge in [-0.1, -0.05) is 0 Å². The van der Waals surface area contributed by atoms with E-state index in [1.54, 1.807) is 19.1 Å². The summed E-state index contributed by atoms with van der Waals surface area (Å²) in [5.41, 5.74) is 2.16. The third-order valence-electron chi connectivity index (χ3n) is 5.31. The summed E-state index contributed by atoms with van der Waals surface area (Å²) in [5.74, 6) is -2.36. The number of fused-ring (bicyclic) bond motifs is 1. The van der Waals surface area contributed by atoms with Crippen LogP contribution in [0.25, 0.3) is 17.2 Å². The molecule has 0 bridgehead atoms. The van der Waals surface area contributed by atoms with Crippen LogP contribution in [0.1, 0.15) is 29.2 Å². The molecule has 5 rings (SSSR count). The molecular formula is C22H15F3N6O. The number of rotatable bonds is 3. The van der Waals surface area contributed by atoms with Gasteiger partial charge >= 0.3 is 0 Å². The molecule has 0 radical (unpaired) electrons. The van der Waals surface area contributed by atoms with Gasteiger partial charge in [0.25, 0.3) is 5.95 Å². The van der Waals surface area contributed by atoms with E-state index in [4.69, 9.17) is 0 Å². The van der Waals surface area contributed by atoms with Crippen LogP contribution in [-0.4, -0.2) is 30.9 Å². The number of carbonyl (C=O) groups is 1. The van der Waals surface area contributed by atoms with Gasteiger partial charge < -0.3 is 5.32 Å². The van der Waals surface area contributed by atoms with E-state index >= 15 is 0 Å². The number of benzene rings is 2. The van der Waals surface area contributed by atoms with Crippen LogP contribution in [0.5, 0.6) is 0 Å². The van der Waals surface area contributed by atoms with Gasteiger partial charge in [0.2, 0.25) is 5.91 Å². The summed E-state index contributed by atoms with van der Waals surface area (Å²) in [6.45, 7) is 1.70. The first-order valence-electron chi connectivity index (χ1n) is 9.71. The van der Waals surface area contributed by atoms with E-state index in [-0.39, 0.29) is 35.5 Å². The highest BCUT2D eigenvalue weighted by Gasteiger charge is 2.34. The third kappa shape index (κ3) is 3.39. The first kappa shape index (κ1) is 19.9. The topological polar surface area (TPSA) is 85.6 Å². The Hall–Kier alpha value is -4.08. The van der Waals surface area contributed by atoms with Crippen molar-refractivity contribution in [3.63, 3.8) is 0 Å². The fraction of sp³-hybridized carbons (Fsp3) is 0.136. The lowest BCUT2D eigenvalue weighted by molar-refractivity contribution is -0.116. The summed E-state index contributed by atoms with van der Waals surface area (Å²) in [6.07, 6.45) is 1.36. The second kappa shape index (κ2) is 7.56. The molecule has 1 aliphatic rings. The van der Waals surface area contributed by atoms with Gasteiger partial charge in [0.05, 0.1) is 17.6 Å². The predicted molar refractivity (Wildman–Crippen MR) is 109 cm³/mol. The van der Waals surface area contributed by atoms with Gasteiger partial charge in [-0.15, -0.1) is 5.10 Å². The van der Waals surface area contributed by atoms with E-state index in [9.17, 15) is 18.0 Å². The van der Waals surface area contributed by atoms with Crippen LogP contribution in [0.4, 0.5) is 19.0 Å². The minimum absolute atomic E-state index is 0.0609. The lowest BCUT2D eigenvalue weighted by Crippen LogP contribution is -2.25. The SMILES string of the molecule is Cc1nn(-c2nncc(-c3ccc(F)cc3)n2)c2c1C(c1cc(F)ccc1F)CC(=O)N2. The quantitative estimate of drug-likeness (QED) is 0.526. The zero-order chi connectivity index (χ0) is 22.4. The van der Waals surface area contributed by atoms with E-state index < -0.39 is 17.6 Å². The Morgan fingerprint density at radius 3 is 2.59 bits per heavy atom. The molecular weight excluding hydrogens is 421 g/mol. The number of aromatic nitrogens is 5. The molecule has 0 spiro atoms. The molecule has 7 nitrogen and oxygen atoms in total. The highest BCUT2D eigenvalue weighted by atomic mass is 19.1. The molecule has 3 heterocycles. The minimum atomic E-state index is -0.726. The van der Waals surface area contributed by atoms with E-state index in [0.717, 1.165) is 18.2 Å². The van der Waals surface area contributed by atoms with Crippen molar-refractivity contribution in [2.24, 2.45) is 0 Å². The molecule has 0 fully saturated rings. The molecule has 0 aliphatic carbocycles. The molecule has 1 atom stereocenters. The van der Waals surface area contributed by atoms with Crippen molar-refractivity contribution in [1.29, 1.82) is 0 Å². The van der Waals surface area contributed by atoms with Crippen molar-refractivity contribution in [1.82, 2.24) is 25.0 Å². The summed E-state index contributed by atoms with van der Waals surface area (Å²) < 4.78 is 42.9. The van der Waals surface area contributed by atoms with Gasteiger partial charge in [-0.25, -0.2) is 18.2 Å². The molecule has 4 aromatic rings. The number of nitrogens with zero attached hydrogens (tertiary/aromatic N) is 5. The zero-order valence-corrected chi connectivity index (χ0v) is 16.7. The first-order chi connectivity index (χ1) is 15.4. The van der Waals surface area contributed by atoms with Crippen LogP contribution in [0, 0.1) is 24.4 Å². The maximum absolute atomic E-state index is 14.5. The van der Waals surface area contributed by atoms with Crippen LogP contribution in [0.3, 0.4) is 0 Å². The molecule has 0 saturated carbocycles. The molecule has 1 amide bonds. The largest absolute Gasteiger partial charge is 0.310 e. The van der Waals surface area contributed by atoms with E-state index in [0.29, 0.717) is 22.5 Å². The Balaban J connectivity index is 1.63. The van der Waals surface area contributed by atoms with Gasteiger partial charge in [0, 0.05) is 23.5 Å². The highest BCUT2D eigenvalue weighted by molar-refractivity contribution is 5.95. The summed E-state index contributed by atoms with van der Waals surface area (Å²) in [5, 5.41) is 15.1. The summed E-state index contributed by atoms with van der Waals surface area (Å²) in [6, 6.07) is 8.86. The molecule has 1 aliphatic heterocycles. The monoisotopic (exact) mass is 436 g/mol. The molecule has 32 heavy (non-hydrogen) atoms. The van der Waals surface area contributed by atoms with Gasteiger partial charge in [-0.3, -0.25) is 4.79 Å². The Morgan fingerprint density at radius 1 is 1.06 bits per heavy atom. The number of amides is 1. The number of nitrogens with one attached hydrogen (secondary N) is 1. The normalized spacial score (nSPS) is 15.4. The van der Waals surface area contributed by atoms with Crippen LogP contribution in [0.15, 0.2) is 48.7 Å². The minimum Gasteiger partial charge on any atom is -0.310 e. The Labute approximate surface area is 179 Å². The number of carbonyl (C=O) groups excluding carboxylic acids is 1. The summed E-state index contributed by atoms with van der Waals surface area (Å²) in [7, 11) is 0. The van der Waals surface area contributed by atoms with Crippen LogP contribution < -0.4 is 5.32 Å². The number of halogens is 3. The Kier molecular flexibility index (Phi) is 4.69. The third-order valence-corrected chi connectivity index (χ3v) is 5.31. The van der Waals surface area contributed by atoms with Crippen LogP contribution >= 0.6 is 0 Å². The number of anilines is 1. The van der Waals surface area contributed by atoms with Crippen molar-refractivity contribution in [3.05, 3.63) is 82.9 Å². The molecule has 1 unspecified atom stereocenters. The van der Waals surface area contributed by atoms with Crippen molar-refractivity contribution in [2.45, 2.75) is 19.3 Å². The van der Waals surface area contributed by atoms with Crippen LogP contribution in [-0.2, 0) is 4.79 Å². The van der Waals surface area contributed by atoms with Gasteiger partial charge in [0.15, 0.2) is 0 Å². The number of hydrogen-bond acceptors (Lipinski definition) is 5. The zero-order valence-electron chi connectivity index (χ0n) is 16.7. The lowest BCUT2D eigenvalue weighted by atomic mass is 9.85. The van der Waals surface area contributed by atoms with Crippen LogP contribution in [0.2, 0.25) is 0 Å². The number of aryl methyl sites for hydroxylation is 1. The fourth-order valence-electron chi connectivity index (χ4n) is 3.88.